The summed E-state index contributed by atoms with van der Waals surface area (Å²) in [5, 5.41) is 9.10. The maximum atomic E-state index is 10.4. The molecule has 1 N–H and O–H groups in total. The van der Waals surface area contributed by atoms with E-state index in [4.69, 9.17) is 5.11 Å². The molecular weight excluding hydrogens is 245 g/mol. The van der Waals surface area contributed by atoms with E-state index in [1.54, 1.807) is 12.1 Å². The fourth-order valence-electron chi connectivity index (χ4n) is 0.673. The number of halogens is 2. The number of hydrogen-bond acceptors (Lipinski definition) is 2. The predicted octanol–water partition coefficient (Wildman–Crippen LogP) is 2.10. The Balaban J connectivity index is 0.00000121. The van der Waals surface area contributed by atoms with Crippen LogP contribution in [0, 0.1) is 0 Å². The Hall–Kier alpha value is -0.610. The summed E-state index contributed by atoms with van der Waals surface area (Å²) in [6.45, 7) is 0. The van der Waals surface area contributed by atoms with Gasteiger partial charge in [-0.25, -0.2) is 9.78 Å². The number of aromatic nitrogens is 1. The van der Waals surface area contributed by atoms with Gasteiger partial charge in [0, 0.05) is 5.33 Å². The summed E-state index contributed by atoms with van der Waals surface area (Å²) in [6, 6.07) is 4.91. The summed E-state index contributed by atoms with van der Waals surface area (Å²) in [7, 11) is 0. The minimum atomic E-state index is -0.993. The lowest BCUT2D eigenvalue weighted by atomic mass is 10.3. The molecule has 3 nitrogen and oxygen atoms in total. The molecule has 0 saturated heterocycles. The van der Waals surface area contributed by atoms with Crippen molar-refractivity contribution in [2.24, 2.45) is 0 Å². The van der Waals surface area contributed by atoms with Crippen molar-refractivity contribution in [2.45, 2.75) is 5.33 Å². The first-order valence-electron chi connectivity index (χ1n) is 2.99. The summed E-state index contributed by atoms with van der Waals surface area (Å²) >= 11 is 3.19. The largest absolute Gasteiger partial charge is 0.477 e. The number of carboxylic acid groups (broad SMARTS) is 1. The van der Waals surface area contributed by atoms with Crippen molar-refractivity contribution in [1.29, 1.82) is 0 Å². The zero-order valence-corrected chi connectivity index (χ0v) is 8.43. The molecule has 12 heavy (non-hydrogen) atoms. The Morgan fingerprint density at radius 1 is 1.58 bits per heavy atom. The van der Waals surface area contributed by atoms with Crippen molar-refractivity contribution in [3.63, 3.8) is 0 Å². The van der Waals surface area contributed by atoms with Crippen LogP contribution in [0.15, 0.2) is 18.2 Å². The van der Waals surface area contributed by atoms with E-state index in [0.717, 1.165) is 5.69 Å². The van der Waals surface area contributed by atoms with E-state index < -0.39 is 5.97 Å². The average molecular weight is 252 g/mol. The van der Waals surface area contributed by atoms with Gasteiger partial charge in [0.05, 0.1) is 5.69 Å². The van der Waals surface area contributed by atoms with Crippen LogP contribution in [0.2, 0.25) is 0 Å². The number of pyridine rings is 1. The normalized spacial score (nSPS) is 8.75. The van der Waals surface area contributed by atoms with E-state index in [9.17, 15) is 4.79 Å². The number of alkyl halides is 1. The molecule has 0 radical (unpaired) electrons. The number of hydrogen-bond donors (Lipinski definition) is 1. The van der Waals surface area contributed by atoms with Crippen LogP contribution < -0.4 is 0 Å². The van der Waals surface area contributed by atoms with Crippen molar-refractivity contribution in [1.82, 2.24) is 4.98 Å². The van der Waals surface area contributed by atoms with Gasteiger partial charge in [0.15, 0.2) is 0 Å². The van der Waals surface area contributed by atoms with E-state index in [1.807, 2.05) is 0 Å². The standard InChI is InChI=1S/C7H6BrNO2.ClH/c8-4-5-2-1-3-6(9-5)7(10)11;/h1-3H,4H2,(H,10,11);1H. The number of aromatic carboxylic acids is 1. The van der Waals surface area contributed by atoms with Crippen LogP contribution in [0.4, 0.5) is 0 Å². The molecule has 0 aromatic carbocycles. The van der Waals surface area contributed by atoms with E-state index in [0.29, 0.717) is 5.33 Å². The van der Waals surface area contributed by atoms with Crippen molar-refractivity contribution in [3.05, 3.63) is 29.6 Å². The molecule has 0 amide bonds. The fraction of sp³-hybridized carbons (Fsp3) is 0.143. The molecule has 0 bridgehead atoms. The maximum absolute atomic E-state index is 10.4. The Morgan fingerprint density at radius 3 is 2.75 bits per heavy atom. The second-order valence-electron chi connectivity index (χ2n) is 1.95. The van der Waals surface area contributed by atoms with Gasteiger partial charge in [-0.2, -0.15) is 0 Å². The third-order valence-corrected chi connectivity index (χ3v) is 1.74. The Labute approximate surface area is 84.4 Å². The van der Waals surface area contributed by atoms with Gasteiger partial charge in [0.2, 0.25) is 0 Å². The van der Waals surface area contributed by atoms with E-state index in [1.165, 1.54) is 6.07 Å². The van der Waals surface area contributed by atoms with Gasteiger partial charge in [0.25, 0.3) is 0 Å². The highest BCUT2D eigenvalue weighted by Gasteiger charge is 2.03. The minimum Gasteiger partial charge on any atom is -0.477 e. The highest BCUT2D eigenvalue weighted by molar-refractivity contribution is 9.08. The number of nitrogens with zero attached hydrogens (tertiary/aromatic N) is 1. The molecule has 0 aliphatic heterocycles. The van der Waals surface area contributed by atoms with Crippen molar-refractivity contribution < 1.29 is 9.90 Å². The monoisotopic (exact) mass is 251 g/mol. The molecule has 1 rings (SSSR count). The van der Waals surface area contributed by atoms with Gasteiger partial charge in [0.1, 0.15) is 5.69 Å². The zero-order valence-electron chi connectivity index (χ0n) is 6.03. The number of rotatable bonds is 2. The molecule has 1 aromatic heterocycles. The van der Waals surface area contributed by atoms with Crippen LogP contribution in [0.3, 0.4) is 0 Å². The second kappa shape index (κ2) is 5.11. The highest BCUT2D eigenvalue weighted by atomic mass is 79.9. The van der Waals surface area contributed by atoms with Crippen molar-refractivity contribution in [3.8, 4) is 0 Å². The zero-order chi connectivity index (χ0) is 8.27. The molecular formula is C7H7BrClNO2. The molecule has 0 spiro atoms. The highest BCUT2D eigenvalue weighted by Crippen LogP contribution is 2.03. The van der Waals surface area contributed by atoms with Crippen LogP contribution in [-0.2, 0) is 5.33 Å². The lowest BCUT2D eigenvalue weighted by molar-refractivity contribution is 0.0690. The van der Waals surface area contributed by atoms with E-state index in [2.05, 4.69) is 20.9 Å². The molecule has 66 valence electrons. The van der Waals surface area contributed by atoms with Crippen LogP contribution in [0.25, 0.3) is 0 Å². The molecule has 0 atom stereocenters. The summed E-state index contributed by atoms with van der Waals surface area (Å²) in [5.74, 6) is -0.993. The smallest absolute Gasteiger partial charge is 0.354 e. The molecule has 0 aliphatic carbocycles. The molecule has 1 aromatic rings. The van der Waals surface area contributed by atoms with Crippen LogP contribution in [-0.4, -0.2) is 16.1 Å². The van der Waals surface area contributed by atoms with Crippen LogP contribution in [0.5, 0.6) is 0 Å². The SMILES string of the molecule is Cl.O=C(O)c1cccc(CBr)n1. The van der Waals surface area contributed by atoms with Crippen molar-refractivity contribution >= 4 is 34.3 Å². The predicted molar refractivity (Wildman–Crippen MR) is 51.1 cm³/mol. The van der Waals surface area contributed by atoms with Crippen LogP contribution in [0.1, 0.15) is 16.2 Å². The molecule has 1 heterocycles. The molecule has 0 unspecified atom stereocenters. The third kappa shape index (κ3) is 2.79. The topological polar surface area (TPSA) is 50.2 Å². The quantitative estimate of drug-likeness (QED) is 0.820. The van der Waals surface area contributed by atoms with Gasteiger partial charge < -0.3 is 5.11 Å². The van der Waals surface area contributed by atoms with E-state index in [-0.39, 0.29) is 18.1 Å². The Kier molecular flexibility index (Phi) is 4.85. The first-order valence-corrected chi connectivity index (χ1v) is 4.11. The second-order valence-corrected chi connectivity index (χ2v) is 2.51. The number of carboxylic acids is 1. The van der Waals surface area contributed by atoms with Crippen LogP contribution >= 0.6 is 28.3 Å². The molecule has 5 heteroatoms. The Morgan fingerprint density at radius 2 is 2.25 bits per heavy atom. The van der Waals surface area contributed by atoms with E-state index >= 15 is 0 Å². The molecule has 0 fully saturated rings. The lowest BCUT2D eigenvalue weighted by Crippen LogP contribution is -2.01. The molecule has 0 saturated carbocycles. The van der Waals surface area contributed by atoms with Crippen molar-refractivity contribution in [2.75, 3.05) is 0 Å². The summed E-state index contributed by atoms with van der Waals surface area (Å²) in [6.07, 6.45) is 0. The Bertz CT molecular complexity index is 280. The summed E-state index contributed by atoms with van der Waals surface area (Å²) < 4.78 is 0. The summed E-state index contributed by atoms with van der Waals surface area (Å²) in [4.78, 5) is 14.2. The van der Waals surface area contributed by atoms with Gasteiger partial charge in [-0.1, -0.05) is 22.0 Å². The maximum Gasteiger partial charge on any atom is 0.354 e. The average Bonchev–Trinajstić information content (AvgIpc) is 2.05. The first-order chi connectivity index (χ1) is 5.24. The minimum absolute atomic E-state index is 0. The number of carbonyl (C=O) groups is 1. The van der Waals surface area contributed by atoms with Gasteiger partial charge in [-0.3, -0.25) is 0 Å². The summed E-state index contributed by atoms with van der Waals surface area (Å²) in [5.41, 5.74) is 0.812. The van der Waals surface area contributed by atoms with Gasteiger partial charge in [-0.05, 0) is 12.1 Å². The fourth-order valence-corrected chi connectivity index (χ4v) is 0.985. The van der Waals surface area contributed by atoms with Gasteiger partial charge >= 0.3 is 5.97 Å². The lowest BCUT2D eigenvalue weighted by Gasteiger charge is -1.95. The third-order valence-electron chi connectivity index (χ3n) is 1.16. The van der Waals surface area contributed by atoms with Gasteiger partial charge in [-0.15, -0.1) is 12.4 Å². The first kappa shape index (κ1) is 11.4. The molecule has 0 aliphatic rings.